The van der Waals surface area contributed by atoms with Crippen LogP contribution in [0.1, 0.15) is 67.4 Å². The Morgan fingerprint density at radius 2 is 2.03 bits per heavy atom. The molecule has 0 saturated carbocycles. The largest absolute Gasteiger partial charge is 0.491 e. The van der Waals surface area contributed by atoms with Crippen molar-refractivity contribution in [2.75, 3.05) is 26.8 Å². The summed E-state index contributed by atoms with van der Waals surface area (Å²) >= 11 is 1.26. The van der Waals surface area contributed by atoms with Crippen LogP contribution in [-0.4, -0.2) is 59.5 Å². The minimum atomic E-state index is -4.59. The van der Waals surface area contributed by atoms with Gasteiger partial charge in [-0.1, -0.05) is 32.1 Å². The zero-order valence-electron chi connectivity index (χ0n) is 21.1. The fourth-order valence-electron chi connectivity index (χ4n) is 4.32. The van der Waals surface area contributed by atoms with Crippen LogP contribution in [0.15, 0.2) is 23.2 Å². The fraction of sp³-hybridized carbons (Fsp3) is 0.640. The van der Waals surface area contributed by atoms with Gasteiger partial charge in [0.05, 0.1) is 23.8 Å². The normalized spacial score (nSPS) is 21.9. The zero-order chi connectivity index (χ0) is 26.1. The van der Waals surface area contributed by atoms with Crippen molar-refractivity contribution < 1.29 is 27.4 Å². The van der Waals surface area contributed by atoms with Crippen molar-refractivity contribution in [1.82, 2.24) is 14.7 Å². The summed E-state index contributed by atoms with van der Waals surface area (Å²) in [6.07, 6.45) is -0.833. The minimum Gasteiger partial charge on any atom is -0.491 e. The van der Waals surface area contributed by atoms with Crippen LogP contribution < -0.4 is 9.54 Å². The molecule has 0 aliphatic carbocycles. The number of hydrogen-bond donors (Lipinski definition) is 0. The van der Waals surface area contributed by atoms with Crippen molar-refractivity contribution in [2.24, 2.45) is 4.99 Å². The van der Waals surface area contributed by atoms with Gasteiger partial charge in [-0.3, -0.25) is 4.79 Å². The molecule has 1 aromatic carbocycles. The molecule has 0 radical (unpaired) electrons. The van der Waals surface area contributed by atoms with Crippen molar-refractivity contribution in [3.05, 3.63) is 39.1 Å². The van der Waals surface area contributed by atoms with Crippen molar-refractivity contribution >= 4 is 17.2 Å². The van der Waals surface area contributed by atoms with E-state index in [4.69, 9.17) is 9.47 Å². The molecule has 11 heteroatoms. The monoisotopic (exact) mass is 526 g/mol. The second-order valence-corrected chi connectivity index (χ2v) is 11.4. The van der Waals surface area contributed by atoms with E-state index in [1.807, 2.05) is 27.8 Å². The number of hydrogen-bond acceptors (Lipinski definition) is 6. The summed E-state index contributed by atoms with van der Waals surface area (Å²) in [6, 6.07) is 3.13. The predicted octanol–water partition coefficient (Wildman–Crippen LogP) is 4.65. The molecule has 36 heavy (non-hydrogen) atoms. The molecule has 2 aliphatic rings. The average molecular weight is 527 g/mol. The lowest BCUT2D eigenvalue weighted by molar-refractivity contribution is -0.137. The third-order valence-corrected chi connectivity index (χ3v) is 7.87. The molecule has 2 saturated heterocycles. The van der Waals surface area contributed by atoms with Gasteiger partial charge in [0, 0.05) is 18.1 Å². The SMILES string of the molecule is CN1CCC[C@H]1COc1ccc(C(F)(F)F)cc1C(=O)/N=c1\sc(C(C)(C)C)nn1C[C@H]1CCCO1. The van der Waals surface area contributed by atoms with E-state index in [0.29, 0.717) is 18.0 Å². The fourth-order valence-corrected chi connectivity index (χ4v) is 5.29. The van der Waals surface area contributed by atoms with E-state index < -0.39 is 17.6 Å². The molecule has 0 unspecified atom stereocenters. The van der Waals surface area contributed by atoms with Crippen molar-refractivity contribution in [3.63, 3.8) is 0 Å². The van der Waals surface area contributed by atoms with Crippen molar-refractivity contribution in [3.8, 4) is 5.75 Å². The first-order chi connectivity index (χ1) is 16.9. The first kappa shape index (κ1) is 26.8. The standard InChI is InChI=1S/C25H33F3N4O3S/c1-24(2,3)22-30-32(14-18-8-6-12-34-18)23(36-22)29-21(33)19-13-16(25(26,27)28)9-10-20(19)35-15-17-7-5-11-31(17)4/h9-10,13,17-18H,5-8,11-12,14-15H2,1-4H3/b29-23-/t17-,18+/m0/s1. The highest BCUT2D eigenvalue weighted by Crippen LogP contribution is 2.33. The Hall–Kier alpha value is -2.24. The Labute approximate surface area is 212 Å². The van der Waals surface area contributed by atoms with Gasteiger partial charge in [-0.2, -0.15) is 23.3 Å². The van der Waals surface area contributed by atoms with Crippen LogP contribution in [0.4, 0.5) is 13.2 Å². The van der Waals surface area contributed by atoms with Gasteiger partial charge in [-0.25, -0.2) is 4.68 Å². The van der Waals surface area contributed by atoms with Crippen molar-refractivity contribution in [1.29, 1.82) is 0 Å². The molecule has 2 aliphatic heterocycles. The lowest BCUT2D eigenvalue weighted by Gasteiger charge is -2.20. The van der Waals surface area contributed by atoms with Gasteiger partial charge >= 0.3 is 6.18 Å². The molecule has 2 aromatic rings. The smallest absolute Gasteiger partial charge is 0.416 e. The van der Waals surface area contributed by atoms with Crippen LogP contribution in [0.2, 0.25) is 0 Å². The quantitative estimate of drug-likeness (QED) is 0.548. The summed E-state index contributed by atoms with van der Waals surface area (Å²) < 4.78 is 53.7. The van der Waals surface area contributed by atoms with Crippen LogP contribution in [0.3, 0.4) is 0 Å². The number of nitrogens with zero attached hydrogens (tertiary/aromatic N) is 4. The number of amides is 1. The molecular formula is C25H33F3N4O3S. The van der Waals surface area contributed by atoms with Gasteiger partial charge < -0.3 is 14.4 Å². The minimum absolute atomic E-state index is 0.0372. The van der Waals surface area contributed by atoms with Gasteiger partial charge in [-0.15, -0.1) is 0 Å². The molecule has 1 aromatic heterocycles. The van der Waals surface area contributed by atoms with Crippen LogP contribution in [-0.2, 0) is 22.9 Å². The second-order valence-electron chi connectivity index (χ2n) is 10.5. The summed E-state index contributed by atoms with van der Waals surface area (Å²) in [5.74, 6) is -0.690. The molecule has 0 bridgehead atoms. The highest BCUT2D eigenvalue weighted by molar-refractivity contribution is 7.09. The number of ether oxygens (including phenoxy) is 2. The lowest BCUT2D eigenvalue weighted by atomic mass is 9.98. The summed E-state index contributed by atoms with van der Waals surface area (Å²) in [5.41, 5.74) is -1.41. The highest BCUT2D eigenvalue weighted by atomic mass is 32.1. The Bertz CT molecular complexity index is 1150. The number of likely N-dealkylation sites (tertiary alicyclic amines) is 1. The molecule has 7 nitrogen and oxygen atoms in total. The zero-order valence-corrected chi connectivity index (χ0v) is 21.9. The lowest BCUT2D eigenvalue weighted by Crippen LogP contribution is -2.31. The molecule has 0 N–H and O–H groups in total. The summed E-state index contributed by atoms with van der Waals surface area (Å²) in [4.78, 5) is 20.1. The van der Waals surface area contributed by atoms with Crippen LogP contribution >= 0.6 is 11.3 Å². The third-order valence-electron chi connectivity index (χ3n) is 6.50. The predicted molar refractivity (Wildman–Crippen MR) is 130 cm³/mol. The Morgan fingerprint density at radius 3 is 2.64 bits per heavy atom. The van der Waals surface area contributed by atoms with E-state index in [-0.39, 0.29) is 35.5 Å². The van der Waals surface area contributed by atoms with E-state index in [9.17, 15) is 18.0 Å². The second kappa shape index (κ2) is 10.6. The Kier molecular flexibility index (Phi) is 7.92. The third kappa shape index (κ3) is 6.36. The van der Waals surface area contributed by atoms with E-state index in [1.54, 1.807) is 4.68 Å². The first-order valence-corrected chi connectivity index (χ1v) is 13.1. The molecule has 2 fully saturated rings. The summed E-state index contributed by atoms with van der Waals surface area (Å²) in [6.45, 7) is 8.35. The van der Waals surface area contributed by atoms with Gasteiger partial charge in [0.15, 0.2) is 0 Å². The Balaban J connectivity index is 1.69. The molecule has 1 amide bonds. The van der Waals surface area contributed by atoms with E-state index in [0.717, 1.165) is 49.4 Å². The first-order valence-electron chi connectivity index (χ1n) is 12.2. The van der Waals surface area contributed by atoms with Crippen molar-refractivity contribution in [2.45, 2.75) is 76.7 Å². The number of carbonyl (C=O) groups excluding carboxylic acids is 1. The van der Waals surface area contributed by atoms with Crippen LogP contribution in [0.25, 0.3) is 0 Å². The van der Waals surface area contributed by atoms with E-state index >= 15 is 0 Å². The molecule has 198 valence electrons. The highest BCUT2D eigenvalue weighted by Gasteiger charge is 2.33. The van der Waals surface area contributed by atoms with Gasteiger partial charge in [0.25, 0.3) is 5.91 Å². The van der Waals surface area contributed by atoms with E-state index in [2.05, 4.69) is 15.0 Å². The average Bonchev–Trinajstić information content (AvgIpc) is 3.54. The number of rotatable bonds is 6. The molecular weight excluding hydrogens is 493 g/mol. The molecule has 2 atom stereocenters. The summed E-state index contributed by atoms with van der Waals surface area (Å²) in [7, 11) is 1.98. The Morgan fingerprint density at radius 1 is 1.25 bits per heavy atom. The molecule has 3 heterocycles. The number of carbonyl (C=O) groups is 1. The topological polar surface area (TPSA) is 69.0 Å². The number of benzene rings is 1. The maximum atomic E-state index is 13.5. The maximum absolute atomic E-state index is 13.5. The van der Waals surface area contributed by atoms with Gasteiger partial charge in [0.2, 0.25) is 4.80 Å². The van der Waals surface area contributed by atoms with Gasteiger partial charge in [-0.05, 0) is 57.5 Å². The maximum Gasteiger partial charge on any atom is 0.416 e. The van der Waals surface area contributed by atoms with Crippen LogP contribution in [0, 0.1) is 0 Å². The molecule has 0 spiro atoms. The van der Waals surface area contributed by atoms with E-state index in [1.165, 1.54) is 17.4 Å². The van der Waals surface area contributed by atoms with Crippen LogP contribution in [0.5, 0.6) is 5.75 Å². The van der Waals surface area contributed by atoms with Gasteiger partial charge in [0.1, 0.15) is 17.4 Å². The number of aromatic nitrogens is 2. The summed E-state index contributed by atoms with van der Waals surface area (Å²) in [5, 5.41) is 5.44. The number of alkyl halides is 3. The molecule has 4 rings (SSSR count). The number of halogens is 3. The number of likely N-dealkylation sites (N-methyl/N-ethyl adjacent to an activating group) is 1.